The lowest BCUT2D eigenvalue weighted by molar-refractivity contribution is 0.0975. The van der Waals surface area contributed by atoms with Crippen LogP contribution in [0.15, 0.2) is 126 Å². The first-order chi connectivity index (χ1) is 23.5. The van der Waals surface area contributed by atoms with Crippen LogP contribution < -0.4 is 26.3 Å². The van der Waals surface area contributed by atoms with Crippen molar-refractivity contribution in [3.63, 3.8) is 0 Å². The third kappa shape index (κ3) is 6.23. The van der Waals surface area contributed by atoms with Gasteiger partial charge >= 0.3 is 0 Å². The zero-order chi connectivity index (χ0) is 33.0. The summed E-state index contributed by atoms with van der Waals surface area (Å²) in [5.41, 5.74) is 5.06. The normalized spacial score (nSPS) is 13.8. The number of thioether (sulfide) groups is 1. The molecule has 5 aromatic rings. The minimum Gasteiger partial charge on any atom is -0.322 e. The van der Waals surface area contributed by atoms with Gasteiger partial charge in [-0.3, -0.25) is 19.4 Å². The van der Waals surface area contributed by atoms with Gasteiger partial charge in [-0.05, 0) is 99.0 Å². The topological polar surface area (TPSA) is 75.6 Å². The summed E-state index contributed by atoms with van der Waals surface area (Å²) in [6.07, 6.45) is 5.42. The number of aryl methyl sites for hydroxylation is 1. The van der Waals surface area contributed by atoms with Crippen LogP contribution in [-0.2, 0) is 6.42 Å². The molecule has 1 amide bonds. The molecule has 5 aromatic carbocycles. The van der Waals surface area contributed by atoms with E-state index in [1.54, 1.807) is 42.1 Å². The number of amides is 1. The monoisotopic (exact) mass is 644 g/mol. The molecule has 234 valence electrons. The van der Waals surface area contributed by atoms with Crippen LogP contribution in [0.25, 0.3) is 17.1 Å². The highest BCUT2D eigenvalue weighted by molar-refractivity contribution is 8.09. The highest BCUT2D eigenvalue weighted by Gasteiger charge is 2.25. The summed E-state index contributed by atoms with van der Waals surface area (Å²) in [6, 6.07) is 34.7. The molecule has 0 saturated carbocycles. The molecular formula is C42H32N2O3S. The molecule has 0 aromatic heterocycles. The summed E-state index contributed by atoms with van der Waals surface area (Å²) in [5, 5.41) is 13.4. The second-order valence-electron chi connectivity index (χ2n) is 11.8. The number of carbonyl (C=O) groups excluding carboxylic acids is 3. The van der Waals surface area contributed by atoms with Crippen molar-refractivity contribution in [1.82, 2.24) is 0 Å². The summed E-state index contributed by atoms with van der Waals surface area (Å²) < 4.78 is 0. The second kappa shape index (κ2) is 13.6. The molecule has 0 bridgehead atoms. The maximum absolute atomic E-state index is 13.6. The zero-order valence-electron chi connectivity index (χ0n) is 26.4. The Balaban J connectivity index is 0.000000280. The summed E-state index contributed by atoms with van der Waals surface area (Å²) in [6.45, 7) is 1.90. The first-order valence-electron chi connectivity index (χ1n) is 15.9. The lowest BCUT2D eigenvalue weighted by atomic mass is 9.83. The SMILES string of the molecule is C1=CSC=c2ccccc2=N1.Cc1ccccc1C(=O)Nc1ccc(C(=O)C2=c3ccc4c(c3C(=O)CC2)CC=c2ccccc2=4)cc1. The van der Waals surface area contributed by atoms with Crippen molar-refractivity contribution >= 4 is 52.0 Å². The van der Waals surface area contributed by atoms with E-state index in [0.717, 1.165) is 32.1 Å². The van der Waals surface area contributed by atoms with Gasteiger partial charge in [-0.1, -0.05) is 78.9 Å². The fraction of sp³-hybridized carbons (Fsp3) is 0.0952. The molecular weight excluding hydrogens is 613 g/mol. The Morgan fingerprint density at radius 2 is 1.48 bits per heavy atom. The maximum atomic E-state index is 13.6. The number of benzene rings is 5. The number of anilines is 1. The van der Waals surface area contributed by atoms with Crippen LogP contribution in [0.2, 0.25) is 0 Å². The average Bonchev–Trinajstić information content (AvgIpc) is 3.38. The Labute approximate surface area is 282 Å². The molecule has 2 aliphatic carbocycles. The van der Waals surface area contributed by atoms with E-state index < -0.39 is 0 Å². The third-order valence-corrected chi connectivity index (χ3v) is 9.52. The zero-order valence-corrected chi connectivity index (χ0v) is 27.2. The van der Waals surface area contributed by atoms with Crippen molar-refractivity contribution in [2.24, 2.45) is 4.99 Å². The van der Waals surface area contributed by atoms with E-state index in [-0.39, 0.29) is 17.5 Å². The average molecular weight is 645 g/mol. The lowest BCUT2D eigenvalue weighted by Gasteiger charge is -2.19. The molecule has 1 heterocycles. The number of Topliss-reactive ketones (excluding diaryl/α,β-unsaturated/α-hetero) is 2. The molecule has 1 N–H and O–H groups in total. The standard InChI is InChI=1S/C33H25NO3.C9H7NS/c1-20-6-2-4-8-24(20)33(37)34-23-13-10-22(11-14-23)32(36)29-18-19-30(35)31-27-15-12-21-7-3-5-9-25(21)26(27)16-17-28(29)31;1-2-4-9-8(3-1)7-11-6-5-10-9/h2-14,16-17H,15,18-19H2,1H3,(H,34,37);1-7H. The van der Waals surface area contributed by atoms with Gasteiger partial charge in [-0.25, -0.2) is 0 Å². The number of nitrogens with one attached hydrogen (secondary N) is 1. The van der Waals surface area contributed by atoms with Crippen LogP contribution in [0, 0.1) is 17.4 Å². The number of hydrogen-bond donors (Lipinski definition) is 1. The maximum Gasteiger partial charge on any atom is 0.255 e. The van der Waals surface area contributed by atoms with Crippen molar-refractivity contribution < 1.29 is 14.4 Å². The largest absolute Gasteiger partial charge is 0.322 e. The second-order valence-corrected chi connectivity index (χ2v) is 12.6. The highest BCUT2D eigenvalue weighted by atomic mass is 32.2. The van der Waals surface area contributed by atoms with Crippen LogP contribution >= 0.6 is 11.8 Å². The van der Waals surface area contributed by atoms with Crippen molar-refractivity contribution in [2.45, 2.75) is 26.2 Å². The van der Waals surface area contributed by atoms with Crippen LogP contribution in [-0.4, -0.2) is 17.5 Å². The molecule has 48 heavy (non-hydrogen) atoms. The number of rotatable bonds is 4. The molecule has 0 radical (unpaired) electrons. The molecule has 0 unspecified atom stereocenters. The predicted octanol–water partition coefficient (Wildman–Crippen LogP) is 6.14. The summed E-state index contributed by atoms with van der Waals surface area (Å²) in [5.74, 6) is -0.162. The van der Waals surface area contributed by atoms with Gasteiger partial charge in [0.2, 0.25) is 0 Å². The van der Waals surface area contributed by atoms with E-state index in [9.17, 15) is 14.4 Å². The Bertz CT molecular complexity index is 2500. The van der Waals surface area contributed by atoms with Gasteiger partial charge in [0.15, 0.2) is 11.6 Å². The Morgan fingerprint density at radius 1 is 0.750 bits per heavy atom. The molecule has 0 fully saturated rings. The van der Waals surface area contributed by atoms with Crippen LogP contribution in [0.1, 0.15) is 55.0 Å². The molecule has 0 spiro atoms. The van der Waals surface area contributed by atoms with E-state index in [1.807, 2.05) is 73.1 Å². The molecule has 3 aliphatic rings. The van der Waals surface area contributed by atoms with Crippen LogP contribution in [0.5, 0.6) is 0 Å². The molecule has 6 heteroatoms. The van der Waals surface area contributed by atoms with Crippen LogP contribution in [0.3, 0.4) is 0 Å². The van der Waals surface area contributed by atoms with E-state index in [0.29, 0.717) is 47.2 Å². The minimum atomic E-state index is -0.186. The molecule has 8 rings (SSSR count). The Morgan fingerprint density at radius 3 is 2.31 bits per heavy atom. The van der Waals surface area contributed by atoms with Gasteiger partial charge in [-0.15, -0.1) is 11.8 Å². The van der Waals surface area contributed by atoms with Crippen LogP contribution in [0.4, 0.5) is 5.69 Å². The Kier molecular flexibility index (Phi) is 8.82. The number of ketones is 2. The fourth-order valence-electron chi connectivity index (χ4n) is 6.42. The Hall–Kier alpha value is -5.59. The highest BCUT2D eigenvalue weighted by Crippen LogP contribution is 2.24. The number of hydrogen-bond acceptors (Lipinski definition) is 5. The van der Waals surface area contributed by atoms with Crippen molar-refractivity contribution in [3.8, 4) is 0 Å². The van der Waals surface area contributed by atoms with Crippen molar-refractivity contribution in [3.05, 3.63) is 180 Å². The van der Waals surface area contributed by atoms with Crippen molar-refractivity contribution in [2.75, 3.05) is 5.32 Å². The summed E-state index contributed by atoms with van der Waals surface area (Å²) in [7, 11) is 0. The van der Waals surface area contributed by atoms with E-state index in [4.69, 9.17) is 0 Å². The van der Waals surface area contributed by atoms with E-state index in [2.05, 4.69) is 46.1 Å². The molecule has 1 aliphatic heterocycles. The lowest BCUT2D eigenvalue weighted by Crippen LogP contribution is -2.29. The quantitative estimate of drug-likeness (QED) is 0.239. The number of nitrogens with zero attached hydrogens (tertiary/aromatic N) is 1. The van der Waals surface area contributed by atoms with Crippen molar-refractivity contribution in [1.29, 1.82) is 0 Å². The summed E-state index contributed by atoms with van der Waals surface area (Å²) in [4.78, 5) is 43.6. The predicted molar refractivity (Wildman–Crippen MR) is 193 cm³/mol. The third-order valence-electron chi connectivity index (χ3n) is 8.85. The van der Waals surface area contributed by atoms with E-state index in [1.165, 1.54) is 10.4 Å². The minimum absolute atomic E-state index is 0.0781. The number of fused-ring (bicyclic) bond motifs is 5. The van der Waals surface area contributed by atoms with Gasteiger partial charge in [0.25, 0.3) is 5.91 Å². The van der Waals surface area contributed by atoms with Gasteiger partial charge in [0, 0.05) is 45.8 Å². The van der Waals surface area contributed by atoms with Gasteiger partial charge in [-0.2, -0.15) is 0 Å². The first kappa shape index (κ1) is 31.0. The smallest absolute Gasteiger partial charge is 0.255 e. The number of carbonyl (C=O) groups is 3. The van der Waals surface area contributed by atoms with Gasteiger partial charge in [0.1, 0.15) is 0 Å². The van der Waals surface area contributed by atoms with E-state index >= 15 is 0 Å². The first-order valence-corrected chi connectivity index (χ1v) is 16.9. The molecule has 5 nitrogen and oxygen atoms in total. The number of para-hydroxylation sites is 1. The van der Waals surface area contributed by atoms with Gasteiger partial charge in [0.05, 0.1) is 5.36 Å². The molecule has 0 atom stereocenters. The fourth-order valence-corrected chi connectivity index (χ4v) is 6.97. The molecule has 0 saturated heterocycles. The van der Waals surface area contributed by atoms with Gasteiger partial charge < -0.3 is 5.32 Å². The summed E-state index contributed by atoms with van der Waals surface area (Å²) >= 11 is 1.66.